The Balaban J connectivity index is 1.91. The number of rotatable bonds is 6. The molecule has 0 spiro atoms. The minimum atomic E-state index is 0.625. The van der Waals surface area contributed by atoms with E-state index in [0.29, 0.717) is 5.92 Å². The van der Waals surface area contributed by atoms with Gasteiger partial charge in [0.15, 0.2) is 0 Å². The van der Waals surface area contributed by atoms with Crippen LogP contribution in [0.4, 0.5) is 0 Å². The number of benzene rings is 2. The number of halogens is 1. The standard InChI is InChI=1S/C19H24ClN/c1-15(12-17-9-5-4-6-10-17)13-21(3)14-18-16(2)8-7-11-19(18)20/h4-11,15H,12-14H2,1-3H3. The fraction of sp³-hybridized carbons (Fsp3) is 0.368. The van der Waals surface area contributed by atoms with Gasteiger partial charge in [-0.3, -0.25) is 0 Å². The van der Waals surface area contributed by atoms with Gasteiger partial charge in [0.1, 0.15) is 0 Å². The highest BCUT2D eigenvalue weighted by atomic mass is 35.5. The molecule has 0 bridgehead atoms. The number of aryl methyl sites for hydroxylation is 1. The largest absolute Gasteiger partial charge is 0.302 e. The Hall–Kier alpha value is -1.31. The van der Waals surface area contributed by atoms with Gasteiger partial charge in [-0.15, -0.1) is 0 Å². The molecule has 21 heavy (non-hydrogen) atoms. The van der Waals surface area contributed by atoms with Gasteiger partial charge < -0.3 is 4.90 Å². The predicted molar refractivity (Wildman–Crippen MR) is 91.8 cm³/mol. The van der Waals surface area contributed by atoms with Crippen LogP contribution in [0.1, 0.15) is 23.6 Å². The van der Waals surface area contributed by atoms with Crippen LogP contribution in [0, 0.1) is 12.8 Å². The Kier molecular flexibility index (Phi) is 5.84. The molecule has 1 atom stereocenters. The van der Waals surface area contributed by atoms with Gasteiger partial charge in [0, 0.05) is 18.1 Å². The average Bonchev–Trinajstić information content (AvgIpc) is 2.44. The fourth-order valence-corrected chi connectivity index (χ4v) is 3.10. The van der Waals surface area contributed by atoms with Crippen molar-refractivity contribution in [2.45, 2.75) is 26.8 Å². The Morgan fingerprint density at radius 3 is 2.43 bits per heavy atom. The average molecular weight is 302 g/mol. The monoisotopic (exact) mass is 301 g/mol. The molecule has 0 N–H and O–H groups in total. The predicted octanol–water partition coefficient (Wildman–Crippen LogP) is 4.96. The highest BCUT2D eigenvalue weighted by Crippen LogP contribution is 2.21. The molecule has 0 heterocycles. The molecule has 0 fully saturated rings. The van der Waals surface area contributed by atoms with Gasteiger partial charge in [-0.25, -0.2) is 0 Å². The Bertz CT molecular complexity index is 545. The number of hydrogen-bond acceptors (Lipinski definition) is 1. The summed E-state index contributed by atoms with van der Waals surface area (Å²) in [5.74, 6) is 0.625. The van der Waals surface area contributed by atoms with Crippen molar-refractivity contribution in [3.05, 3.63) is 70.2 Å². The molecular weight excluding hydrogens is 278 g/mol. The highest BCUT2D eigenvalue weighted by Gasteiger charge is 2.11. The smallest absolute Gasteiger partial charge is 0.0453 e. The van der Waals surface area contributed by atoms with Crippen molar-refractivity contribution >= 4 is 11.6 Å². The van der Waals surface area contributed by atoms with E-state index in [9.17, 15) is 0 Å². The van der Waals surface area contributed by atoms with Crippen LogP contribution in [0.3, 0.4) is 0 Å². The Morgan fingerprint density at radius 2 is 1.76 bits per heavy atom. The van der Waals surface area contributed by atoms with E-state index in [1.54, 1.807) is 0 Å². The zero-order chi connectivity index (χ0) is 15.2. The third kappa shape index (κ3) is 4.87. The second-order valence-electron chi connectivity index (χ2n) is 6.03. The van der Waals surface area contributed by atoms with Gasteiger partial charge in [0.05, 0.1) is 0 Å². The maximum atomic E-state index is 6.31. The second-order valence-corrected chi connectivity index (χ2v) is 6.43. The Labute approximate surface area is 133 Å². The van der Waals surface area contributed by atoms with E-state index in [1.807, 2.05) is 12.1 Å². The van der Waals surface area contributed by atoms with E-state index in [1.165, 1.54) is 16.7 Å². The summed E-state index contributed by atoms with van der Waals surface area (Å²) >= 11 is 6.31. The molecule has 0 aliphatic heterocycles. The lowest BCUT2D eigenvalue weighted by atomic mass is 10.0. The van der Waals surface area contributed by atoms with Crippen LogP contribution in [0.15, 0.2) is 48.5 Å². The van der Waals surface area contributed by atoms with E-state index < -0.39 is 0 Å². The molecule has 0 radical (unpaired) electrons. The first-order valence-electron chi connectivity index (χ1n) is 7.52. The van der Waals surface area contributed by atoms with E-state index in [0.717, 1.165) is 24.5 Å². The third-order valence-corrected chi connectivity index (χ3v) is 4.19. The van der Waals surface area contributed by atoms with E-state index >= 15 is 0 Å². The first-order valence-corrected chi connectivity index (χ1v) is 7.90. The summed E-state index contributed by atoms with van der Waals surface area (Å²) in [6, 6.07) is 16.8. The van der Waals surface area contributed by atoms with Crippen LogP contribution >= 0.6 is 11.6 Å². The molecule has 0 aliphatic carbocycles. The van der Waals surface area contributed by atoms with Crippen LogP contribution < -0.4 is 0 Å². The zero-order valence-electron chi connectivity index (χ0n) is 13.1. The third-order valence-electron chi connectivity index (χ3n) is 3.83. The zero-order valence-corrected chi connectivity index (χ0v) is 13.9. The second kappa shape index (κ2) is 7.63. The van der Waals surface area contributed by atoms with E-state index in [2.05, 4.69) is 62.2 Å². The quantitative estimate of drug-likeness (QED) is 0.729. The molecule has 1 nitrogen and oxygen atoms in total. The summed E-state index contributed by atoms with van der Waals surface area (Å²) in [5.41, 5.74) is 3.92. The maximum absolute atomic E-state index is 6.31. The van der Waals surface area contributed by atoms with Crippen molar-refractivity contribution in [1.29, 1.82) is 0 Å². The van der Waals surface area contributed by atoms with Gasteiger partial charge in [-0.05, 0) is 49.1 Å². The maximum Gasteiger partial charge on any atom is 0.0453 e. The minimum absolute atomic E-state index is 0.625. The molecule has 0 saturated carbocycles. The molecular formula is C19H24ClN. The van der Waals surface area contributed by atoms with Crippen LogP contribution in [0.25, 0.3) is 0 Å². The summed E-state index contributed by atoms with van der Waals surface area (Å²) in [7, 11) is 2.17. The first-order chi connectivity index (χ1) is 10.1. The highest BCUT2D eigenvalue weighted by molar-refractivity contribution is 6.31. The lowest BCUT2D eigenvalue weighted by Crippen LogP contribution is -2.25. The van der Waals surface area contributed by atoms with Crippen molar-refractivity contribution in [1.82, 2.24) is 4.90 Å². The molecule has 0 aliphatic rings. The van der Waals surface area contributed by atoms with Crippen molar-refractivity contribution in [3.63, 3.8) is 0 Å². The molecule has 2 heteroatoms. The van der Waals surface area contributed by atoms with Crippen LogP contribution in [0.5, 0.6) is 0 Å². The van der Waals surface area contributed by atoms with Crippen LogP contribution in [0.2, 0.25) is 5.02 Å². The normalized spacial score (nSPS) is 12.6. The van der Waals surface area contributed by atoms with Crippen LogP contribution in [-0.4, -0.2) is 18.5 Å². The summed E-state index contributed by atoms with van der Waals surface area (Å²) in [6.07, 6.45) is 1.12. The van der Waals surface area contributed by atoms with Crippen molar-refractivity contribution in [2.24, 2.45) is 5.92 Å². The summed E-state index contributed by atoms with van der Waals surface area (Å²) in [4.78, 5) is 2.36. The van der Waals surface area contributed by atoms with E-state index in [4.69, 9.17) is 11.6 Å². The molecule has 2 rings (SSSR count). The van der Waals surface area contributed by atoms with Gasteiger partial charge >= 0.3 is 0 Å². The molecule has 0 saturated heterocycles. The lowest BCUT2D eigenvalue weighted by Gasteiger charge is -2.23. The number of nitrogens with zero attached hydrogens (tertiary/aromatic N) is 1. The summed E-state index contributed by atoms with van der Waals surface area (Å²) in [5, 5.41) is 0.873. The van der Waals surface area contributed by atoms with Gasteiger partial charge in [-0.2, -0.15) is 0 Å². The van der Waals surface area contributed by atoms with Gasteiger partial charge in [0.25, 0.3) is 0 Å². The number of hydrogen-bond donors (Lipinski definition) is 0. The lowest BCUT2D eigenvalue weighted by molar-refractivity contribution is 0.277. The fourth-order valence-electron chi connectivity index (χ4n) is 2.81. The van der Waals surface area contributed by atoms with E-state index in [-0.39, 0.29) is 0 Å². The topological polar surface area (TPSA) is 3.24 Å². The van der Waals surface area contributed by atoms with Crippen molar-refractivity contribution < 1.29 is 0 Å². The van der Waals surface area contributed by atoms with Crippen molar-refractivity contribution in [2.75, 3.05) is 13.6 Å². The Morgan fingerprint density at radius 1 is 1.05 bits per heavy atom. The molecule has 2 aromatic rings. The van der Waals surface area contributed by atoms with Crippen LogP contribution in [-0.2, 0) is 13.0 Å². The summed E-state index contributed by atoms with van der Waals surface area (Å²) in [6.45, 7) is 6.41. The molecule has 2 aromatic carbocycles. The molecule has 1 unspecified atom stereocenters. The first kappa shape index (κ1) is 16.1. The van der Waals surface area contributed by atoms with Gasteiger partial charge in [-0.1, -0.05) is 61.0 Å². The van der Waals surface area contributed by atoms with Crippen molar-refractivity contribution in [3.8, 4) is 0 Å². The van der Waals surface area contributed by atoms with Gasteiger partial charge in [0.2, 0.25) is 0 Å². The summed E-state index contributed by atoms with van der Waals surface area (Å²) < 4.78 is 0. The SMILES string of the molecule is Cc1cccc(Cl)c1CN(C)CC(C)Cc1ccccc1. The minimum Gasteiger partial charge on any atom is -0.302 e. The molecule has 112 valence electrons. The molecule has 0 amide bonds. The molecule has 0 aromatic heterocycles.